The van der Waals surface area contributed by atoms with Gasteiger partial charge in [0.2, 0.25) is 0 Å². The second-order valence-corrected chi connectivity index (χ2v) is 17.0. The molecule has 0 saturated carbocycles. The Hall–Kier alpha value is -6.18. The first-order valence-electron chi connectivity index (χ1n) is 19.6. The molecule has 2 aliphatic rings. The van der Waals surface area contributed by atoms with Crippen molar-refractivity contribution in [2.24, 2.45) is 0 Å². The number of hydrogen-bond donors (Lipinski definition) is 0. The second kappa shape index (κ2) is 12.2. The summed E-state index contributed by atoms with van der Waals surface area (Å²) in [6.07, 6.45) is 0. The minimum Gasteiger partial charge on any atom is -0.310 e. The summed E-state index contributed by atoms with van der Waals surface area (Å²) in [5.74, 6) is 0. The molecule has 0 aliphatic heterocycles. The van der Waals surface area contributed by atoms with Gasteiger partial charge in [-0.25, -0.2) is 0 Å². The Balaban J connectivity index is 1.28. The largest absolute Gasteiger partial charge is 0.310 e. The molecule has 0 atom stereocenters. The molecule has 0 saturated heterocycles. The van der Waals surface area contributed by atoms with Crippen LogP contribution in [0.4, 0.5) is 17.1 Å². The summed E-state index contributed by atoms with van der Waals surface area (Å²) in [6.45, 7) is 11.9. The first kappa shape index (κ1) is 33.4. The van der Waals surface area contributed by atoms with Gasteiger partial charge in [-0.1, -0.05) is 180 Å². The number of nitrogens with zero attached hydrogens (tertiary/aromatic N) is 1. The molecule has 0 N–H and O–H groups in total. The molecule has 0 heterocycles. The van der Waals surface area contributed by atoms with Gasteiger partial charge < -0.3 is 4.90 Å². The lowest BCUT2D eigenvalue weighted by atomic mass is 9.55. The molecular weight excluding hydrogens is 663 g/mol. The quantitative estimate of drug-likeness (QED) is 0.176. The summed E-state index contributed by atoms with van der Waals surface area (Å²) in [5.41, 5.74) is 17.5. The highest BCUT2D eigenvalue weighted by Crippen LogP contribution is 2.64. The van der Waals surface area contributed by atoms with Gasteiger partial charge >= 0.3 is 0 Å². The maximum atomic E-state index is 2.52. The predicted molar refractivity (Wildman–Crippen MR) is 232 cm³/mol. The van der Waals surface area contributed by atoms with E-state index in [0.717, 1.165) is 17.1 Å². The van der Waals surface area contributed by atoms with Gasteiger partial charge in [0.15, 0.2) is 0 Å². The van der Waals surface area contributed by atoms with Crippen LogP contribution < -0.4 is 4.90 Å². The van der Waals surface area contributed by atoms with Crippen molar-refractivity contribution in [3.63, 3.8) is 0 Å². The molecule has 10 rings (SSSR count). The molecular formula is C54H45N. The van der Waals surface area contributed by atoms with Gasteiger partial charge in [-0.3, -0.25) is 0 Å². The highest BCUT2D eigenvalue weighted by molar-refractivity contribution is 5.94. The molecule has 266 valence electrons. The average molecular weight is 708 g/mol. The van der Waals surface area contributed by atoms with Crippen molar-refractivity contribution in [3.8, 4) is 22.3 Å². The molecule has 1 spiro atoms. The molecule has 0 unspecified atom stereocenters. The van der Waals surface area contributed by atoms with Crippen molar-refractivity contribution in [2.75, 3.05) is 4.90 Å². The molecule has 2 aliphatic carbocycles. The van der Waals surface area contributed by atoms with Gasteiger partial charge in [0.05, 0.1) is 5.41 Å². The molecule has 8 aromatic rings. The Morgan fingerprint density at radius 3 is 1.60 bits per heavy atom. The van der Waals surface area contributed by atoms with Crippen LogP contribution in [0.5, 0.6) is 0 Å². The summed E-state index contributed by atoms with van der Waals surface area (Å²) >= 11 is 0. The van der Waals surface area contributed by atoms with E-state index in [4.69, 9.17) is 0 Å². The maximum absolute atomic E-state index is 2.52. The van der Waals surface area contributed by atoms with Crippen LogP contribution in [-0.4, -0.2) is 0 Å². The van der Waals surface area contributed by atoms with Crippen LogP contribution in [0.2, 0.25) is 0 Å². The number of anilines is 3. The molecule has 0 bridgehead atoms. The Kier molecular flexibility index (Phi) is 7.39. The van der Waals surface area contributed by atoms with Crippen LogP contribution >= 0.6 is 0 Å². The minimum atomic E-state index is -0.489. The smallest absolute Gasteiger partial charge is 0.0720 e. The van der Waals surface area contributed by atoms with E-state index in [-0.39, 0.29) is 10.8 Å². The SMILES string of the molecule is CC(C)(C)c1cccc2c1-c1ccc(N(c3ccc(-c4ccccc4)cc3)c3ccc4ccccc4c3)cc1C21c2ccccc2C(C)(C)c2ccccc21. The Morgan fingerprint density at radius 1 is 0.400 bits per heavy atom. The number of rotatable bonds is 4. The third-order valence-electron chi connectivity index (χ3n) is 12.4. The van der Waals surface area contributed by atoms with Gasteiger partial charge in [-0.2, -0.15) is 0 Å². The van der Waals surface area contributed by atoms with Gasteiger partial charge in [-0.05, 0) is 114 Å². The van der Waals surface area contributed by atoms with Crippen LogP contribution in [0.1, 0.15) is 73.6 Å². The number of hydrogen-bond acceptors (Lipinski definition) is 1. The number of fused-ring (bicyclic) bond motifs is 10. The zero-order valence-corrected chi connectivity index (χ0v) is 32.3. The normalized spacial score (nSPS) is 14.6. The van der Waals surface area contributed by atoms with Crippen LogP contribution in [0, 0.1) is 0 Å². The zero-order valence-electron chi connectivity index (χ0n) is 32.3. The van der Waals surface area contributed by atoms with E-state index in [0.29, 0.717) is 0 Å². The topological polar surface area (TPSA) is 3.24 Å². The average Bonchev–Trinajstić information content (AvgIpc) is 3.51. The highest BCUT2D eigenvalue weighted by Gasteiger charge is 2.54. The molecule has 1 nitrogen and oxygen atoms in total. The fourth-order valence-electron chi connectivity index (χ4n) is 9.90. The monoisotopic (exact) mass is 707 g/mol. The molecule has 1 heteroatoms. The lowest BCUT2D eigenvalue weighted by Crippen LogP contribution is -2.40. The predicted octanol–water partition coefficient (Wildman–Crippen LogP) is 14.3. The zero-order chi connectivity index (χ0) is 37.5. The van der Waals surface area contributed by atoms with Crippen molar-refractivity contribution in [2.45, 2.75) is 50.9 Å². The first-order chi connectivity index (χ1) is 26.7. The second-order valence-electron chi connectivity index (χ2n) is 17.0. The Morgan fingerprint density at radius 2 is 0.927 bits per heavy atom. The molecule has 55 heavy (non-hydrogen) atoms. The van der Waals surface area contributed by atoms with Crippen LogP contribution in [-0.2, 0) is 16.2 Å². The van der Waals surface area contributed by atoms with E-state index in [1.54, 1.807) is 0 Å². The summed E-state index contributed by atoms with van der Waals surface area (Å²) in [5, 5.41) is 2.46. The molecule has 0 fully saturated rings. The summed E-state index contributed by atoms with van der Waals surface area (Å²) in [6, 6.07) is 68.1. The fraction of sp³-hybridized carbons (Fsp3) is 0.148. The maximum Gasteiger partial charge on any atom is 0.0720 e. The summed E-state index contributed by atoms with van der Waals surface area (Å²) < 4.78 is 0. The third kappa shape index (κ3) is 4.92. The Bertz CT molecular complexity index is 2710. The fourth-order valence-corrected chi connectivity index (χ4v) is 9.90. The molecule has 0 aromatic heterocycles. The van der Waals surface area contributed by atoms with Gasteiger partial charge in [0.1, 0.15) is 0 Å². The van der Waals surface area contributed by atoms with E-state index in [2.05, 4.69) is 222 Å². The van der Waals surface area contributed by atoms with Gasteiger partial charge in [-0.15, -0.1) is 0 Å². The van der Waals surface area contributed by atoms with Crippen molar-refractivity contribution in [1.82, 2.24) is 0 Å². The number of benzene rings is 8. The lowest BCUT2D eigenvalue weighted by molar-refractivity contribution is 0.561. The van der Waals surface area contributed by atoms with Crippen molar-refractivity contribution in [3.05, 3.63) is 221 Å². The van der Waals surface area contributed by atoms with Crippen molar-refractivity contribution in [1.29, 1.82) is 0 Å². The van der Waals surface area contributed by atoms with Crippen molar-refractivity contribution >= 4 is 27.8 Å². The van der Waals surface area contributed by atoms with E-state index >= 15 is 0 Å². The third-order valence-corrected chi connectivity index (χ3v) is 12.4. The first-order valence-corrected chi connectivity index (χ1v) is 19.6. The molecule has 0 radical (unpaired) electrons. The van der Waals surface area contributed by atoms with E-state index in [1.807, 2.05) is 0 Å². The minimum absolute atomic E-state index is 0.0442. The summed E-state index contributed by atoms with van der Waals surface area (Å²) in [7, 11) is 0. The van der Waals surface area contributed by atoms with Crippen LogP contribution in [0.25, 0.3) is 33.0 Å². The lowest BCUT2D eigenvalue weighted by Gasteiger charge is -2.46. The van der Waals surface area contributed by atoms with Gasteiger partial charge in [0, 0.05) is 22.5 Å². The highest BCUT2D eigenvalue weighted by atomic mass is 15.1. The van der Waals surface area contributed by atoms with Crippen LogP contribution in [0.3, 0.4) is 0 Å². The summed E-state index contributed by atoms with van der Waals surface area (Å²) in [4.78, 5) is 2.45. The standard InChI is InChI=1S/C54H45N/c1-52(2,3)48-24-15-25-49-51(48)43-33-32-42(35-50(43)54(49)46-22-13-11-20-44(46)53(4,5)45-21-12-14-23-47(45)54)55(41-31-28-37-18-9-10-19-39(37)34-41)40-29-26-38(27-30-40)36-16-7-6-8-17-36/h6-35H,1-5H3. The van der Waals surface area contributed by atoms with E-state index in [9.17, 15) is 0 Å². The van der Waals surface area contributed by atoms with Crippen molar-refractivity contribution < 1.29 is 0 Å². The molecule has 8 aromatic carbocycles. The van der Waals surface area contributed by atoms with E-state index in [1.165, 1.54) is 72.0 Å². The van der Waals surface area contributed by atoms with Gasteiger partial charge in [0.25, 0.3) is 0 Å². The van der Waals surface area contributed by atoms with E-state index < -0.39 is 5.41 Å². The molecule has 0 amide bonds. The Labute approximate surface area is 325 Å². The van der Waals surface area contributed by atoms with Crippen LogP contribution in [0.15, 0.2) is 182 Å².